The first kappa shape index (κ1) is 12.1. The van der Waals surface area contributed by atoms with Gasteiger partial charge in [0.2, 0.25) is 0 Å². The zero-order valence-electron chi connectivity index (χ0n) is 9.75. The maximum atomic E-state index is 4.49. The van der Waals surface area contributed by atoms with Crippen LogP contribution in [-0.2, 0) is 0 Å². The number of rotatable bonds is 6. The summed E-state index contributed by atoms with van der Waals surface area (Å²) in [5, 5.41) is 3.52. The predicted octanol–water partition coefficient (Wildman–Crippen LogP) is 3.68. The number of hydrogen-bond donors (Lipinski definition) is 1. The van der Waals surface area contributed by atoms with Crippen molar-refractivity contribution in [3.05, 3.63) is 28.5 Å². The van der Waals surface area contributed by atoms with E-state index < -0.39 is 0 Å². The molecule has 0 aliphatic heterocycles. The first-order chi connectivity index (χ1) is 7.79. The van der Waals surface area contributed by atoms with Crippen molar-refractivity contribution >= 4 is 15.9 Å². The number of nitrogens with zero attached hydrogens (tertiary/aromatic N) is 1. The molecule has 0 bridgehead atoms. The molecule has 1 heterocycles. The summed E-state index contributed by atoms with van der Waals surface area (Å²) in [5.74, 6) is 0.997. The van der Waals surface area contributed by atoms with E-state index in [1.54, 1.807) is 0 Å². The Morgan fingerprint density at radius 3 is 2.88 bits per heavy atom. The molecule has 0 spiro atoms. The summed E-state index contributed by atoms with van der Waals surface area (Å²) >= 11 is 3.42. The molecular formula is C13H19BrN2. The second-order valence-electron chi connectivity index (χ2n) is 4.53. The minimum absolute atomic E-state index is 0.429. The van der Waals surface area contributed by atoms with E-state index in [1.165, 1.54) is 31.4 Å². The van der Waals surface area contributed by atoms with Gasteiger partial charge in [-0.15, -0.1) is 0 Å². The molecule has 1 N–H and O–H groups in total. The van der Waals surface area contributed by atoms with Crippen LogP contribution in [0.15, 0.2) is 22.8 Å². The fourth-order valence-electron chi connectivity index (χ4n) is 2.00. The topological polar surface area (TPSA) is 24.9 Å². The molecule has 0 aromatic carbocycles. The van der Waals surface area contributed by atoms with E-state index in [9.17, 15) is 0 Å². The predicted molar refractivity (Wildman–Crippen MR) is 70.3 cm³/mol. The Hall–Kier alpha value is -0.410. The van der Waals surface area contributed by atoms with Crippen LogP contribution < -0.4 is 5.32 Å². The van der Waals surface area contributed by atoms with Gasteiger partial charge in [0.1, 0.15) is 0 Å². The van der Waals surface area contributed by atoms with E-state index in [-0.39, 0.29) is 0 Å². The van der Waals surface area contributed by atoms with Crippen LogP contribution in [0, 0.1) is 5.92 Å². The molecule has 1 aliphatic carbocycles. The molecule has 0 radical (unpaired) electrons. The monoisotopic (exact) mass is 282 g/mol. The molecule has 1 aromatic heterocycles. The quantitative estimate of drug-likeness (QED) is 0.861. The molecule has 2 nitrogen and oxygen atoms in total. The molecule has 88 valence electrons. The van der Waals surface area contributed by atoms with Crippen molar-refractivity contribution in [1.82, 2.24) is 10.3 Å². The molecule has 0 amide bonds. The number of halogens is 1. The molecule has 2 rings (SSSR count). The van der Waals surface area contributed by atoms with Gasteiger partial charge in [0.15, 0.2) is 0 Å². The van der Waals surface area contributed by atoms with Crippen LogP contribution in [0.2, 0.25) is 0 Å². The Morgan fingerprint density at radius 2 is 2.31 bits per heavy atom. The van der Waals surface area contributed by atoms with Crippen molar-refractivity contribution in [1.29, 1.82) is 0 Å². The van der Waals surface area contributed by atoms with E-state index >= 15 is 0 Å². The summed E-state index contributed by atoms with van der Waals surface area (Å²) in [6.45, 7) is 3.16. The Balaban J connectivity index is 1.95. The van der Waals surface area contributed by atoms with Gasteiger partial charge in [0.05, 0.1) is 5.69 Å². The van der Waals surface area contributed by atoms with Crippen molar-refractivity contribution in [2.75, 3.05) is 6.54 Å². The third-order valence-corrected chi connectivity index (χ3v) is 3.59. The van der Waals surface area contributed by atoms with Gasteiger partial charge < -0.3 is 5.32 Å². The first-order valence-corrected chi connectivity index (χ1v) is 6.93. The van der Waals surface area contributed by atoms with Crippen LogP contribution in [0.5, 0.6) is 0 Å². The Morgan fingerprint density at radius 1 is 1.50 bits per heavy atom. The van der Waals surface area contributed by atoms with Gasteiger partial charge >= 0.3 is 0 Å². The minimum Gasteiger partial charge on any atom is -0.309 e. The molecule has 1 unspecified atom stereocenters. The molecular weight excluding hydrogens is 264 g/mol. The lowest BCUT2D eigenvalue weighted by Gasteiger charge is -2.17. The van der Waals surface area contributed by atoms with Crippen molar-refractivity contribution < 1.29 is 0 Å². The SMILES string of the molecule is CCNC(CCC1CC1)c1ccc(Br)cn1. The summed E-state index contributed by atoms with van der Waals surface area (Å²) in [7, 11) is 0. The highest BCUT2D eigenvalue weighted by Crippen LogP contribution is 2.35. The van der Waals surface area contributed by atoms with Crippen molar-refractivity contribution in [3.8, 4) is 0 Å². The fourth-order valence-corrected chi connectivity index (χ4v) is 2.24. The molecule has 1 aromatic rings. The zero-order chi connectivity index (χ0) is 11.4. The average molecular weight is 283 g/mol. The lowest BCUT2D eigenvalue weighted by molar-refractivity contribution is 0.472. The van der Waals surface area contributed by atoms with Gasteiger partial charge in [-0.25, -0.2) is 0 Å². The van der Waals surface area contributed by atoms with Gasteiger partial charge in [0.25, 0.3) is 0 Å². The lowest BCUT2D eigenvalue weighted by Crippen LogP contribution is -2.21. The van der Waals surface area contributed by atoms with Gasteiger partial charge in [-0.3, -0.25) is 4.98 Å². The van der Waals surface area contributed by atoms with E-state index in [4.69, 9.17) is 0 Å². The smallest absolute Gasteiger partial charge is 0.0574 e. The summed E-state index contributed by atoms with van der Waals surface area (Å²) in [5.41, 5.74) is 1.17. The number of nitrogens with one attached hydrogen (secondary N) is 1. The number of hydrogen-bond acceptors (Lipinski definition) is 2. The maximum absolute atomic E-state index is 4.49. The fraction of sp³-hybridized carbons (Fsp3) is 0.615. The third-order valence-electron chi connectivity index (χ3n) is 3.12. The molecule has 0 saturated heterocycles. The van der Waals surface area contributed by atoms with Crippen LogP contribution in [-0.4, -0.2) is 11.5 Å². The van der Waals surface area contributed by atoms with Crippen LogP contribution in [0.4, 0.5) is 0 Å². The van der Waals surface area contributed by atoms with Crippen molar-refractivity contribution in [3.63, 3.8) is 0 Å². The second kappa shape index (κ2) is 5.78. The highest BCUT2D eigenvalue weighted by atomic mass is 79.9. The summed E-state index contributed by atoms with van der Waals surface area (Å²) in [4.78, 5) is 4.49. The van der Waals surface area contributed by atoms with Crippen molar-refractivity contribution in [2.24, 2.45) is 5.92 Å². The van der Waals surface area contributed by atoms with Crippen LogP contribution >= 0.6 is 15.9 Å². The van der Waals surface area contributed by atoms with Gasteiger partial charge in [-0.2, -0.15) is 0 Å². The molecule has 1 atom stereocenters. The van der Waals surface area contributed by atoms with Crippen molar-refractivity contribution in [2.45, 2.75) is 38.6 Å². The van der Waals surface area contributed by atoms with Gasteiger partial charge in [0, 0.05) is 16.7 Å². The zero-order valence-corrected chi connectivity index (χ0v) is 11.3. The summed E-state index contributed by atoms with van der Waals surface area (Å²) in [6.07, 6.45) is 7.32. The van der Waals surface area contributed by atoms with Gasteiger partial charge in [-0.05, 0) is 53.4 Å². The molecule has 3 heteroatoms. The maximum Gasteiger partial charge on any atom is 0.0574 e. The van der Waals surface area contributed by atoms with Gasteiger partial charge in [-0.1, -0.05) is 19.8 Å². The largest absolute Gasteiger partial charge is 0.309 e. The Bertz CT molecular complexity index is 319. The third kappa shape index (κ3) is 3.56. The standard InChI is InChI=1S/C13H19BrN2/c1-2-15-12(7-5-10-3-4-10)13-8-6-11(14)9-16-13/h6,8-10,12,15H,2-5,7H2,1H3. The number of aromatic nitrogens is 1. The molecule has 1 fully saturated rings. The molecule has 1 saturated carbocycles. The number of pyridine rings is 1. The Kier molecular flexibility index (Phi) is 4.36. The molecule has 16 heavy (non-hydrogen) atoms. The summed E-state index contributed by atoms with van der Waals surface area (Å²) in [6, 6.07) is 4.62. The van der Waals surface area contributed by atoms with E-state index in [2.05, 4.69) is 45.3 Å². The van der Waals surface area contributed by atoms with E-state index in [0.29, 0.717) is 6.04 Å². The van der Waals surface area contributed by atoms with E-state index in [0.717, 1.165) is 16.9 Å². The van der Waals surface area contributed by atoms with Crippen LogP contribution in [0.1, 0.15) is 44.3 Å². The van der Waals surface area contributed by atoms with E-state index in [1.807, 2.05) is 6.20 Å². The van der Waals surface area contributed by atoms with Crippen LogP contribution in [0.3, 0.4) is 0 Å². The summed E-state index contributed by atoms with van der Waals surface area (Å²) < 4.78 is 1.05. The second-order valence-corrected chi connectivity index (χ2v) is 5.45. The minimum atomic E-state index is 0.429. The highest BCUT2D eigenvalue weighted by Gasteiger charge is 2.23. The van der Waals surface area contributed by atoms with Crippen LogP contribution in [0.25, 0.3) is 0 Å². The average Bonchev–Trinajstić information content (AvgIpc) is 3.09. The normalized spacial score (nSPS) is 17.4. The lowest BCUT2D eigenvalue weighted by atomic mass is 10.1. The first-order valence-electron chi connectivity index (χ1n) is 6.14. The Labute approximate surface area is 106 Å². The highest BCUT2D eigenvalue weighted by molar-refractivity contribution is 9.10. The molecule has 1 aliphatic rings.